The fourth-order valence-corrected chi connectivity index (χ4v) is 2.33. The molecule has 25 heavy (non-hydrogen) atoms. The molecule has 0 radical (unpaired) electrons. The monoisotopic (exact) mass is 462 g/mol. The van der Waals surface area contributed by atoms with Crippen LogP contribution < -0.4 is 25.4 Å². The number of aliphatic imine (C=N–C) groups is 1. The number of benzene rings is 1. The van der Waals surface area contributed by atoms with E-state index >= 15 is 0 Å². The molecule has 0 unspecified atom stereocenters. The van der Waals surface area contributed by atoms with Gasteiger partial charge in [-0.1, -0.05) is 6.07 Å². The average molecular weight is 462 g/mol. The van der Waals surface area contributed by atoms with Gasteiger partial charge in [0.25, 0.3) is 0 Å². The van der Waals surface area contributed by atoms with Crippen molar-refractivity contribution in [1.82, 2.24) is 16.0 Å². The smallest absolute Gasteiger partial charge is 0.231 e. The van der Waals surface area contributed by atoms with Gasteiger partial charge in [-0.15, -0.1) is 24.0 Å². The Morgan fingerprint density at radius 2 is 1.92 bits per heavy atom. The van der Waals surface area contributed by atoms with Crippen molar-refractivity contribution in [3.05, 3.63) is 23.8 Å². The van der Waals surface area contributed by atoms with Crippen LogP contribution in [0.15, 0.2) is 23.2 Å². The Morgan fingerprint density at radius 1 is 1.20 bits per heavy atom. The zero-order valence-corrected chi connectivity index (χ0v) is 17.3. The highest BCUT2D eigenvalue weighted by atomic mass is 127. The van der Waals surface area contributed by atoms with Crippen LogP contribution in [0.4, 0.5) is 0 Å². The molecule has 0 aromatic heterocycles. The summed E-state index contributed by atoms with van der Waals surface area (Å²) in [6.45, 7) is 5.46. The number of nitrogens with zero attached hydrogens (tertiary/aromatic N) is 1. The number of halogens is 1. The quantitative estimate of drug-likeness (QED) is 0.326. The largest absolute Gasteiger partial charge is 0.454 e. The summed E-state index contributed by atoms with van der Waals surface area (Å²) in [4.78, 5) is 15.7. The van der Waals surface area contributed by atoms with E-state index in [0.717, 1.165) is 24.5 Å². The van der Waals surface area contributed by atoms with Crippen molar-refractivity contribution < 1.29 is 14.3 Å². The highest BCUT2D eigenvalue weighted by molar-refractivity contribution is 14.0. The van der Waals surface area contributed by atoms with E-state index in [2.05, 4.69) is 20.9 Å². The molecular weight excluding hydrogens is 435 g/mol. The molecule has 0 fully saturated rings. The fourth-order valence-electron chi connectivity index (χ4n) is 2.33. The van der Waals surface area contributed by atoms with E-state index in [0.29, 0.717) is 18.9 Å². The number of hydrogen-bond donors (Lipinski definition) is 3. The van der Waals surface area contributed by atoms with Crippen LogP contribution in [0.2, 0.25) is 0 Å². The van der Waals surface area contributed by atoms with E-state index in [1.165, 1.54) is 5.56 Å². The Labute approximate surface area is 166 Å². The molecule has 1 aliphatic heterocycles. The molecule has 140 valence electrons. The van der Waals surface area contributed by atoms with Crippen LogP contribution in [0.25, 0.3) is 0 Å². The molecule has 0 aliphatic carbocycles. The van der Waals surface area contributed by atoms with E-state index in [9.17, 15) is 4.79 Å². The molecule has 0 atom stereocenters. The van der Waals surface area contributed by atoms with E-state index < -0.39 is 0 Å². The minimum absolute atomic E-state index is 0. The number of fused-ring (bicyclic) bond motifs is 1. The maximum Gasteiger partial charge on any atom is 0.231 e. The second kappa shape index (κ2) is 11.0. The molecular formula is C17H27IN4O3. The van der Waals surface area contributed by atoms with Crippen molar-refractivity contribution in [2.24, 2.45) is 4.99 Å². The summed E-state index contributed by atoms with van der Waals surface area (Å²) in [6, 6.07) is 6.12. The molecule has 7 nitrogen and oxygen atoms in total. The van der Waals surface area contributed by atoms with Crippen LogP contribution in [-0.4, -0.2) is 44.8 Å². The zero-order chi connectivity index (χ0) is 17.4. The van der Waals surface area contributed by atoms with Gasteiger partial charge in [0.05, 0.1) is 0 Å². The maximum absolute atomic E-state index is 11.6. The lowest BCUT2D eigenvalue weighted by molar-refractivity contribution is -0.121. The number of rotatable bonds is 7. The summed E-state index contributed by atoms with van der Waals surface area (Å²) in [5.74, 6) is 2.32. The van der Waals surface area contributed by atoms with Crippen molar-refractivity contribution in [1.29, 1.82) is 0 Å². The summed E-state index contributed by atoms with van der Waals surface area (Å²) < 4.78 is 10.7. The second-order valence-corrected chi connectivity index (χ2v) is 5.84. The number of guanidine groups is 1. The minimum atomic E-state index is 0. The van der Waals surface area contributed by atoms with Crippen LogP contribution in [-0.2, 0) is 11.2 Å². The predicted molar refractivity (Wildman–Crippen MR) is 109 cm³/mol. The van der Waals surface area contributed by atoms with Gasteiger partial charge in [0.15, 0.2) is 17.5 Å². The highest BCUT2D eigenvalue weighted by Crippen LogP contribution is 2.32. The molecule has 0 saturated heterocycles. The summed E-state index contributed by atoms with van der Waals surface area (Å²) in [6.07, 6.45) is 1.26. The Hall–Kier alpha value is -1.71. The zero-order valence-electron chi connectivity index (χ0n) is 14.9. The van der Waals surface area contributed by atoms with Crippen molar-refractivity contribution in [2.45, 2.75) is 32.7 Å². The van der Waals surface area contributed by atoms with Crippen molar-refractivity contribution in [2.75, 3.05) is 26.9 Å². The van der Waals surface area contributed by atoms with E-state index in [-0.39, 0.29) is 42.7 Å². The molecule has 1 heterocycles. The molecule has 2 rings (SSSR count). The third kappa shape index (κ3) is 7.37. The van der Waals surface area contributed by atoms with Gasteiger partial charge in [-0.2, -0.15) is 0 Å². The first-order valence-electron chi connectivity index (χ1n) is 8.21. The number of hydrogen-bond acceptors (Lipinski definition) is 4. The van der Waals surface area contributed by atoms with Crippen LogP contribution in [0.3, 0.4) is 0 Å². The SMILES string of the molecule is CN=C(NCCC(=O)NC(C)C)NCCc1ccc2c(c1)OCO2.I. The normalized spacial score (nSPS) is 12.6. The van der Waals surface area contributed by atoms with Crippen LogP contribution in [0.5, 0.6) is 11.5 Å². The lowest BCUT2D eigenvalue weighted by atomic mass is 10.1. The third-order valence-electron chi connectivity index (χ3n) is 3.46. The van der Waals surface area contributed by atoms with Gasteiger partial charge in [0.1, 0.15) is 0 Å². The third-order valence-corrected chi connectivity index (χ3v) is 3.46. The fraction of sp³-hybridized carbons (Fsp3) is 0.529. The standard InChI is InChI=1S/C17H26N4O3.HI/c1-12(2)21-16(22)7-9-20-17(18-3)19-8-6-13-4-5-14-15(10-13)24-11-23-14;/h4-5,10,12H,6-9,11H2,1-3H3,(H,21,22)(H2,18,19,20);1H. The Bertz CT molecular complexity index is 593. The maximum atomic E-state index is 11.6. The lowest BCUT2D eigenvalue weighted by Crippen LogP contribution is -2.40. The Morgan fingerprint density at radius 3 is 2.64 bits per heavy atom. The molecule has 1 amide bonds. The molecule has 1 aliphatic rings. The van der Waals surface area contributed by atoms with Crippen LogP contribution >= 0.6 is 24.0 Å². The Kier molecular flexibility index (Phi) is 9.40. The molecule has 1 aromatic carbocycles. The van der Waals surface area contributed by atoms with E-state index in [1.54, 1.807) is 7.05 Å². The molecule has 3 N–H and O–H groups in total. The van der Waals surface area contributed by atoms with E-state index in [1.807, 2.05) is 32.0 Å². The van der Waals surface area contributed by atoms with Gasteiger partial charge in [-0.3, -0.25) is 9.79 Å². The minimum Gasteiger partial charge on any atom is -0.454 e. The van der Waals surface area contributed by atoms with Gasteiger partial charge in [-0.05, 0) is 38.0 Å². The molecule has 0 bridgehead atoms. The average Bonchev–Trinajstić information content (AvgIpc) is 3.00. The first kappa shape index (κ1) is 21.3. The number of carbonyl (C=O) groups is 1. The number of carbonyl (C=O) groups excluding carboxylic acids is 1. The first-order chi connectivity index (χ1) is 11.6. The molecule has 0 saturated carbocycles. The lowest BCUT2D eigenvalue weighted by Gasteiger charge is -2.13. The molecule has 1 aromatic rings. The summed E-state index contributed by atoms with van der Waals surface area (Å²) >= 11 is 0. The summed E-state index contributed by atoms with van der Waals surface area (Å²) in [5, 5.41) is 9.23. The van der Waals surface area contributed by atoms with Crippen molar-refractivity contribution >= 4 is 35.8 Å². The molecule has 8 heteroatoms. The van der Waals surface area contributed by atoms with Crippen LogP contribution in [0, 0.1) is 0 Å². The van der Waals surface area contributed by atoms with Gasteiger partial charge in [0, 0.05) is 32.6 Å². The predicted octanol–water partition coefficient (Wildman–Crippen LogP) is 1.66. The molecule has 0 spiro atoms. The summed E-state index contributed by atoms with van der Waals surface area (Å²) in [5.41, 5.74) is 1.17. The van der Waals surface area contributed by atoms with Gasteiger partial charge >= 0.3 is 0 Å². The second-order valence-electron chi connectivity index (χ2n) is 5.84. The van der Waals surface area contributed by atoms with Gasteiger partial charge < -0.3 is 25.4 Å². The topological polar surface area (TPSA) is 84.0 Å². The van der Waals surface area contributed by atoms with Crippen molar-refractivity contribution in [3.63, 3.8) is 0 Å². The number of ether oxygens (including phenoxy) is 2. The van der Waals surface area contributed by atoms with Gasteiger partial charge in [-0.25, -0.2) is 0 Å². The van der Waals surface area contributed by atoms with Crippen molar-refractivity contribution in [3.8, 4) is 11.5 Å². The number of nitrogens with one attached hydrogen (secondary N) is 3. The van der Waals surface area contributed by atoms with Crippen LogP contribution in [0.1, 0.15) is 25.8 Å². The summed E-state index contributed by atoms with van der Waals surface area (Å²) in [7, 11) is 1.71. The Balaban J connectivity index is 0.00000312. The van der Waals surface area contributed by atoms with Gasteiger partial charge in [0.2, 0.25) is 12.7 Å². The number of amides is 1. The highest BCUT2D eigenvalue weighted by Gasteiger charge is 2.13. The van der Waals surface area contributed by atoms with E-state index in [4.69, 9.17) is 9.47 Å². The first-order valence-corrected chi connectivity index (χ1v) is 8.21.